The van der Waals surface area contributed by atoms with Crippen LogP contribution in [0.2, 0.25) is 12.1 Å². The molecule has 2 aromatic heterocycles. The number of fused-ring (bicyclic) bond motifs is 2. The van der Waals surface area contributed by atoms with Crippen LogP contribution >= 0.6 is 17.0 Å². The van der Waals surface area contributed by atoms with Gasteiger partial charge in [-0.15, -0.1) is 0 Å². The molecule has 0 fully saturated rings. The van der Waals surface area contributed by atoms with E-state index in [1.165, 1.54) is 66.8 Å². The van der Waals surface area contributed by atoms with Gasteiger partial charge in [0.05, 0.1) is 0 Å². The van der Waals surface area contributed by atoms with Crippen molar-refractivity contribution in [3.8, 4) is 22.3 Å². The van der Waals surface area contributed by atoms with Crippen molar-refractivity contribution in [2.24, 2.45) is 0 Å². The molecule has 0 aliphatic heterocycles. The van der Waals surface area contributed by atoms with Gasteiger partial charge < -0.3 is 8.83 Å². The molecule has 6 aromatic rings. The molecule has 2 aliphatic rings. The van der Waals surface area contributed by atoms with Crippen LogP contribution in [-0.2, 0) is 20.8 Å². The number of hydrogen-bond donors (Lipinski definition) is 0. The number of hydrogen-bond acceptors (Lipinski definition) is 2. The number of halogens is 2. The van der Waals surface area contributed by atoms with E-state index in [9.17, 15) is 0 Å². The Bertz CT molecular complexity index is 2040. The van der Waals surface area contributed by atoms with Crippen LogP contribution < -0.4 is 0 Å². The Hall–Kier alpha value is -3.40. The van der Waals surface area contributed by atoms with Gasteiger partial charge in [0.2, 0.25) is 0 Å². The topological polar surface area (TPSA) is 26.3 Å². The summed E-state index contributed by atoms with van der Waals surface area (Å²) in [5.41, 5.74) is 15.9. The van der Waals surface area contributed by atoms with Gasteiger partial charge in [0.15, 0.2) is 0 Å². The van der Waals surface area contributed by atoms with Crippen LogP contribution in [0.5, 0.6) is 0 Å². The molecule has 2 radical (unpaired) electrons. The number of aryl methyl sites for hydroxylation is 4. The summed E-state index contributed by atoms with van der Waals surface area (Å²) in [6, 6.07) is 41.6. The normalized spacial score (nSPS) is 15.9. The molecule has 0 bridgehead atoms. The molecule has 4 aromatic carbocycles. The molecule has 8 rings (SSSR count). The van der Waals surface area contributed by atoms with Gasteiger partial charge in [-0.25, -0.2) is 0 Å². The molecule has 50 heavy (non-hydrogen) atoms. The van der Waals surface area contributed by atoms with E-state index < -0.39 is 20.8 Å². The average Bonchev–Trinajstić information content (AvgIpc) is 3.91. The van der Waals surface area contributed by atoms with Crippen LogP contribution in [0, 0.1) is 27.7 Å². The zero-order chi connectivity index (χ0) is 34.8. The Morgan fingerprint density at radius 2 is 0.940 bits per heavy atom. The van der Waals surface area contributed by atoms with Gasteiger partial charge in [-0.1, -0.05) is 84.9 Å². The SMILES string of the molecule is Cc1ccc(C2=Cc3c(ccc(C)c3-c3ccccc3)C2C[Si]CC2C(c3ccc(C)o3)=Cc3c2ccc(C)c3-c2ccccc2)o1.[Cl][Zr][Cl]. The van der Waals surface area contributed by atoms with Crippen LogP contribution in [0.1, 0.15) is 68.3 Å². The van der Waals surface area contributed by atoms with Gasteiger partial charge >= 0.3 is 37.9 Å². The van der Waals surface area contributed by atoms with Crippen molar-refractivity contribution >= 4 is 49.8 Å². The molecular formula is C44H38Cl2O2SiZr. The molecule has 2 atom stereocenters. The first-order chi connectivity index (χ1) is 24.4. The zero-order valence-corrected chi connectivity index (χ0v) is 33.7. The van der Waals surface area contributed by atoms with Crippen LogP contribution in [0.4, 0.5) is 0 Å². The van der Waals surface area contributed by atoms with Crippen molar-refractivity contribution in [1.82, 2.24) is 0 Å². The number of benzene rings is 4. The molecule has 248 valence electrons. The Kier molecular flexibility index (Phi) is 10.8. The minimum atomic E-state index is -0.826. The molecule has 2 unspecified atom stereocenters. The van der Waals surface area contributed by atoms with E-state index in [1.807, 2.05) is 13.8 Å². The fourth-order valence-corrected chi connectivity index (χ4v) is 9.33. The van der Waals surface area contributed by atoms with Gasteiger partial charge in [-0.2, -0.15) is 0 Å². The Balaban J connectivity index is 0.00000126. The molecule has 0 saturated carbocycles. The molecule has 6 heteroatoms. The monoisotopic (exact) mass is 786 g/mol. The molecule has 2 aliphatic carbocycles. The van der Waals surface area contributed by atoms with Crippen LogP contribution in [0.15, 0.2) is 118 Å². The van der Waals surface area contributed by atoms with Gasteiger partial charge in [0.1, 0.15) is 23.0 Å². The maximum absolute atomic E-state index is 6.29. The summed E-state index contributed by atoms with van der Waals surface area (Å²) in [6.07, 6.45) is 4.82. The van der Waals surface area contributed by atoms with E-state index in [4.69, 9.17) is 25.9 Å². The van der Waals surface area contributed by atoms with E-state index in [2.05, 4.69) is 135 Å². The molecule has 2 nitrogen and oxygen atoms in total. The van der Waals surface area contributed by atoms with E-state index >= 15 is 0 Å². The van der Waals surface area contributed by atoms with E-state index in [1.54, 1.807) is 0 Å². The van der Waals surface area contributed by atoms with Crippen LogP contribution in [0.3, 0.4) is 0 Å². The standard InChI is InChI=1S/C44H38O2Si.2ClH.Zr/c1-27-15-19-33-37(43(27)31-11-7-5-8-12-31)23-35(41-21-17-29(3)45-41)39(33)25-47-26-40-34-20-16-28(2)44(32-13-9-6-10-14-32)38(34)24-36(40)42-22-18-30(4)46-42;;;/h5-24,39-40H,25-26H2,1-4H3;2*1H;/q;;;+2/p-2. The van der Waals surface area contributed by atoms with Crippen molar-refractivity contribution in [3.63, 3.8) is 0 Å². The van der Waals surface area contributed by atoms with Crippen molar-refractivity contribution < 1.29 is 29.7 Å². The summed E-state index contributed by atoms with van der Waals surface area (Å²) >= 11 is -0.826. The quantitative estimate of drug-likeness (QED) is 0.144. The molecule has 0 N–H and O–H groups in total. The van der Waals surface area contributed by atoms with E-state index in [-0.39, 0.29) is 11.8 Å². The zero-order valence-electron chi connectivity index (χ0n) is 28.7. The predicted molar refractivity (Wildman–Crippen MR) is 208 cm³/mol. The summed E-state index contributed by atoms with van der Waals surface area (Å²) < 4.78 is 12.6. The third-order valence-corrected chi connectivity index (χ3v) is 11.3. The second-order valence-electron chi connectivity index (χ2n) is 13.1. The van der Waals surface area contributed by atoms with Crippen LogP contribution in [-0.4, -0.2) is 9.52 Å². The second kappa shape index (κ2) is 15.5. The van der Waals surface area contributed by atoms with Crippen LogP contribution in [0.25, 0.3) is 45.6 Å². The molecule has 0 spiro atoms. The molecule has 0 saturated heterocycles. The van der Waals surface area contributed by atoms with Gasteiger partial charge in [0.25, 0.3) is 0 Å². The van der Waals surface area contributed by atoms with Crippen molar-refractivity contribution in [2.75, 3.05) is 0 Å². The summed E-state index contributed by atoms with van der Waals surface area (Å²) in [7, 11) is 10.6. The van der Waals surface area contributed by atoms with Crippen molar-refractivity contribution in [3.05, 3.63) is 166 Å². The number of allylic oxidation sites excluding steroid dienone is 2. The van der Waals surface area contributed by atoms with Crippen molar-refractivity contribution in [2.45, 2.75) is 51.6 Å². The summed E-state index contributed by atoms with van der Waals surface area (Å²) in [6.45, 7) is 8.54. The third kappa shape index (κ3) is 6.93. The van der Waals surface area contributed by atoms with E-state index in [0.717, 1.165) is 44.6 Å². The summed E-state index contributed by atoms with van der Waals surface area (Å²) in [4.78, 5) is 0. The first-order valence-electron chi connectivity index (χ1n) is 17.0. The molecular weight excluding hydrogens is 751 g/mol. The Morgan fingerprint density at radius 3 is 1.30 bits per heavy atom. The van der Waals surface area contributed by atoms with Crippen molar-refractivity contribution in [1.29, 1.82) is 0 Å². The third-order valence-electron chi connectivity index (χ3n) is 9.95. The fraction of sp³-hybridized carbons (Fsp3) is 0.182. The molecule has 2 heterocycles. The fourth-order valence-electron chi connectivity index (χ4n) is 7.71. The second-order valence-corrected chi connectivity index (χ2v) is 18.2. The number of rotatable bonds is 8. The average molecular weight is 789 g/mol. The number of furan rings is 2. The molecule has 0 amide bonds. The Labute approximate surface area is 316 Å². The van der Waals surface area contributed by atoms with Gasteiger partial charge in [-0.05, 0) is 132 Å². The van der Waals surface area contributed by atoms with E-state index in [0.29, 0.717) is 0 Å². The predicted octanol–water partition coefficient (Wildman–Crippen LogP) is 13.3. The first kappa shape index (κ1) is 35.0. The van der Waals surface area contributed by atoms with Gasteiger partial charge in [-0.3, -0.25) is 0 Å². The first-order valence-corrected chi connectivity index (χ1v) is 24.7. The maximum atomic E-state index is 6.29. The Morgan fingerprint density at radius 1 is 0.540 bits per heavy atom. The summed E-state index contributed by atoms with van der Waals surface area (Å²) in [5, 5.41) is 0. The van der Waals surface area contributed by atoms with Gasteiger partial charge in [0, 0.05) is 32.5 Å². The minimum absolute atomic E-state index is 0.286. The summed E-state index contributed by atoms with van der Waals surface area (Å²) in [5.74, 6) is 4.46.